The van der Waals surface area contributed by atoms with Crippen LogP contribution in [0.2, 0.25) is 5.02 Å². The Bertz CT molecular complexity index is 750. The summed E-state index contributed by atoms with van der Waals surface area (Å²) in [6.07, 6.45) is 2.60. The van der Waals surface area contributed by atoms with Crippen LogP contribution in [0.1, 0.15) is 21.5 Å². The molecule has 0 heterocycles. The minimum Gasteiger partial charge on any atom is -0.508 e. The summed E-state index contributed by atoms with van der Waals surface area (Å²) in [6.45, 7) is 0. The van der Waals surface area contributed by atoms with Crippen LogP contribution in [0.5, 0.6) is 5.75 Å². The van der Waals surface area contributed by atoms with Gasteiger partial charge in [0, 0.05) is 16.1 Å². The van der Waals surface area contributed by atoms with E-state index in [0.717, 1.165) is 0 Å². The number of allylic oxidation sites excluding steroid dienone is 1. The highest BCUT2D eigenvalue weighted by atomic mass is 35.5. The van der Waals surface area contributed by atoms with Gasteiger partial charge in [0.2, 0.25) is 0 Å². The fraction of sp³-hybridized carbons (Fsp3) is 0.0588. The van der Waals surface area contributed by atoms with Crippen LogP contribution in [0.25, 0.3) is 6.08 Å². The number of carbonyl (C=O) groups is 2. The van der Waals surface area contributed by atoms with Crippen molar-refractivity contribution in [3.05, 3.63) is 70.3 Å². The van der Waals surface area contributed by atoms with Crippen LogP contribution < -0.4 is 0 Å². The lowest BCUT2D eigenvalue weighted by molar-refractivity contribution is -0.136. The molecule has 0 atom stereocenters. The minimum absolute atomic E-state index is 0.144. The Hall–Kier alpha value is -2.59. The molecular formula is C17H13ClO4. The number of aliphatic carboxylic acids is 1. The molecule has 0 aliphatic heterocycles. The van der Waals surface area contributed by atoms with E-state index in [4.69, 9.17) is 16.7 Å². The third kappa shape index (κ3) is 3.96. The molecule has 0 radical (unpaired) electrons. The molecular weight excluding hydrogens is 304 g/mol. The van der Waals surface area contributed by atoms with Crippen molar-refractivity contribution in [3.8, 4) is 5.75 Å². The van der Waals surface area contributed by atoms with Crippen LogP contribution in [-0.2, 0) is 11.2 Å². The number of phenols is 1. The highest BCUT2D eigenvalue weighted by molar-refractivity contribution is 6.32. The molecule has 22 heavy (non-hydrogen) atoms. The van der Waals surface area contributed by atoms with Crippen molar-refractivity contribution >= 4 is 29.4 Å². The third-order valence-electron chi connectivity index (χ3n) is 3.03. The first-order valence-electron chi connectivity index (χ1n) is 6.48. The van der Waals surface area contributed by atoms with Crippen LogP contribution in [0.3, 0.4) is 0 Å². The van der Waals surface area contributed by atoms with Crippen molar-refractivity contribution in [3.63, 3.8) is 0 Å². The Labute approximate surface area is 132 Å². The smallest absolute Gasteiger partial charge is 0.307 e. The Morgan fingerprint density at radius 2 is 1.86 bits per heavy atom. The average Bonchev–Trinajstić information content (AvgIpc) is 2.48. The molecule has 2 aromatic carbocycles. The Morgan fingerprint density at radius 1 is 1.14 bits per heavy atom. The third-order valence-corrected chi connectivity index (χ3v) is 3.37. The number of halogens is 1. The molecule has 0 fully saturated rings. The number of carboxylic acid groups (broad SMARTS) is 1. The van der Waals surface area contributed by atoms with Gasteiger partial charge in [-0.25, -0.2) is 0 Å². The molecule has 0 saturated carbocycles. The Morgan fingerprint density at radius 3 is 2.55 bits per heavy atom. The summed E-state index contributed by atoms with van der Waals surface area (Å²) in [5.74, 6) is -1.52. The van der Waals surface area contributed by atoms with Crippen LogP contribution >= 0.6 is 11.6 Å². The van der Waals surface area contributed by atoms with Gasteiger partial charge < -0.3 is 10.2 Å². The van der Waals surface area contributed by atoms with E-state index in [9.17, 15) is 14.7 Å². The van der Waals surface area contributed by atoms with E-state index in [1.165, 1.54) is 24.3 Å². The first-order chi connectivity index (χ1) is 10.5. The molecule has 112 valence electrons. The van der Waals surface area contributed by atoms with Crippen LogP contribution in [0.4, 0.5) is 0 Å². The molecule has 2 aromatic rings. The van der Waals surface area contributed by atoms with Crippen molar-refractivity contribution in [2.75, 3.05) is 0 Å². The number of carboxylic acids is 1. The van der Waals surface area contributed by atoms with Crippen molar-refractivity contribution < 1.29 is 19.8 Å². The minimum atomic E-state index is -1.08. The SMILES string of the molecule is O=C(O)Cc1cc(C(=O)/C=C/c2ccccc2Cl)ccc1O. The second kappa shape index (κ2) is 6.91. The molecule has 0 bridgehead atoms. The van der Waals surface area contributed by atoms with Gasteiger partial charge in [-0.3, -0.25) is 9.59 Å². The van der Waals surface area contributed by atoms with E-state index in [1.807, 2.05) is 6.07 Å². The van der Waals surface area contributed by atoms with E-state index in [0.29, 0.717) is 16.1 Å². The lowest BCUT2D eigenvalue weighted by Crippen LogP contribution is -2.02. The van der Waals surface area contributed by atoms with Gasteiger partial charge in [-0.05, 0) is 42.0 Å². The summed E-state index contributed by atoms with van der Waals surface area (Å²) in [6, 6.07) is 11.2. The number of ketones is 1. The van der Waals surface area contributed by atoms with Crippen LogP contribution in [0, 0.1) is 0 Å². The predicted octanol–water partition coefficient (Wildman–Crippen LogP) is 3.57. The van der Waals surface area contributed by atoms with E-state index in [-0.39, 0.29) is 23.5 Å². The van der Waals surface area contributed by atoms with Gasteiger partial charge in [0.05, 0.1) is 6.42 Å². The van der Waals surface area contributed by atoms with Gasteiger partial charge in [0.1, 0.15) is 5.75 Å². The summed E-state index contributed by atoms with van der Waals surface area (Å²) >= 11 is 6.00. The number of phenolic OH excluding ortho intramolecular Hbond substituents is 1. The lowest BCUT2D eigenvalue weighted by Gasteiger charge is -2.04. The maximum Gasteiger partial charge on any atom is 0.307 e. The molecule has 0 aromatic heterocycles. The molecule has 0 amide bonds. The van der Waals surface area contributed by atoms with Crippen LogP contribution in [0.15, 0.2) is 48.5 Å². The first kappa shape index (κ1) is 15.8. The number of aromatic hydroxyl groups is 1. The zero-order chi connectivity index (χ0) is 16.1. The van der Waals surface area contributed by atoms with Crippen molar-refractivity contribution in [2.45, 2.75) is 6.42 Å². The fourth-order valence-electron chi connectivity index (χ4n) is 1.92. The van der Waals surface area contributed by atoms with Gasteiger partial charge in [-0.2, -0.15) is 0 Å². The monoisotopic (exact) mass is 316 g/mol. The van der Waals surface area contributed by atoms with E-state index >= 15 is 0 Å². The number of benzene rings is 2. The molecule has 0 spiro atoms. The quantitative estimate of drug-likeness (QED) is 0.653. The molecule has 0 saturated heterocycles. The lowest BCUT2D eigenvalue weighted by atomic mass is 10.0. The number of carbonyl (C=O) groups excluding carboxylic acids is 1. The van der Waals surface area contributed by atoms with Gasteiger partial charge in [0.15, 0.2) is 5.78 Å². The maximum absolute atomic E-state index is 12.1. The average molecular weight is 317 g/mol. The van der Waals surface area contributed by atoms with Crippen molar-refractivity contribution in [2.24, 2.45) is 0 Å². The summed E-state index contributed by atoms with van der Waals surface area (Å²) < 4.78 is 0. The van der Waals surface area contributed by atoms with Crippen molar-refractivity contribution in [1.29, 1.82) is 0 Å². The number of hydrogen-bond donors (Lipinski definition) is 2. The van der Waals surface area contributed by atoms with Gasteiger partial charge >= 0.3 is 5.97 Å². The van der Waals surface area contributed by atoms with E-state index in [1.54, 1.807) is 24.3 Å². The molecule has 2 rings (SSSR count). The Balaban J connectivity index is 2.23. The summed E-state index contributed by atoms with van der Waals surface area (Å²) in [7, 11) is 0. The maximum atomic E-state index is 12.1. The van der Waals surface area contributed by atoms with Gasteiger partial charge in [-0.15, -0.1) is 0 Å². The Kier molecular flexibility index (Phi) is 4.96. The van der Waals surface area contributed by atoms with E-state index < -0.39 is 5.97 Å². The van der Waals surface area contributed by atoms with Crippen molar-refractivity contribution in [1.82, 2.24) is 0 Å². The highest BCUT2D eigenvalue weighted by Crippen LogP contribution is 2.21. The van der Waals surface area contributed by atoms with E-state index in [2.05, 4.69) is 0 Å². The molecule has 0 aliphatic carbocycles. The summed E-state index contributed by atoms with van der Waals surface area (Å²) in [5.41, 5.74) is 1.21. The summed E-state index contributed by atoms with van der Waals surface area (Å²) in [4.78, 5) is 22.8. The largest absolute Gasteiger partial charge is 0.508 e. The molecule has 2 N–H and O–H groups in total. The fourth-order valence-corrected chi connectivity index (χ4v) is 2.11. The number of hydrogen-bond acceptors (Lipinski definition) is 3. The topological polar surface area (TPSA) is 74.6 Å². The predicted molar refractivity (Wildman–Crippen MR) is 84.3 cm³/mol. The standard InChI is InChI=1S/C17H13ClO4/c18-14-4-2-1-3-11(14)5-7-15(19)12-6-8-16(20)13(9-12)10-17(21)22/h1-9,20H,10H2,(H,21,22)/b7-5+. The molecule has 5 heteroatoms. The number of rotatable bonds is 5. The van der Waals surface area contributed by atoms with Gasteiger partial charge in [-0.1, -0.05) is 29.8 Å². The molecule has 0 unspecified atom stereocenters. The second-order valence-electron chi connectivity index (χ2n) is 4.63. The normalized spacial score (nSPS) is 10.8. The van der Waals surface area contributed by atoms with Gasteiger partial charge in [0.25, 0.3) is 0 Å². The zero-order valence-electron chi connectivity index (χ0n) is 11.5. The summed E-state index contributed by atoms with van der Waals surface area (Å²) in [5, 5.41) is 18.9. The van der Waals surface area contributed by atoms with Crippen LogP contribution in [-0.4, -0.2) is 22.0 Å². The highest BCUT2D eigenvalue weighted by Gasteiger charge is 2.10. The second-order valence-corrected chi connectivity index (χ2v) is 5.04. The first-order valence-corrected chi connectivity index (χ1v) is 6.86. The molecule has 4 nitrogen and oxygen atoms in total. The molecule has 0 aliphatic rings. The zero-order valence-corrected chi connectivity index (χ0v) is 12.2.